The summed E-state index contributed by atoms with van der Waals surface area (Å²) >= 11 is 12.3. The summed E-state index contributed by atoms with van der Waals surface area (Å²) in [5, 5.41) is 4.13. The van der Waals surface area contributed by atoms with E-state index in [1.54, 1.807) is 17.2 Å². The third-order valence-corrected chi connectivity index (χ3v) is 6.56. The van der Waals surface area contributed by atoms with Crippen molar-refractivity contribution in [1.29, 1.82) is 0 Å². The lowest BCUT2D eigenvalue weighted by Gasteiger charge is -2.36. The van der Waals surface area contributed by atoms with Crippen LogP contribution in [0.3, 0.4) is 0 Å². The van der Waals surface area contributed by atoms with Crippen molar-refractivity contribution in [3.63, 3.8) is 0 Å². The van der Waals surface area contributed by atoms with E-state index in [2.05, 4.69) is 34.6 Å². The molecule has 1 aliphatic carbocycles. The Labute approximate surface area is 190 Å². The first-order chi connectivity index (χ1) is 15.1. The van der Waals surface area contributed by atoms with Gasteiger partial charge in [-0.25, -0.2) is 9.78 Å². The van der Waals surface area contributed by atoms with Gasteiger partial charge in [-0.1, -0.05) is 71.7 Å². The fourth-order valence-electron chi connectivity index (χ4n) is 4.54. The van der Waals surface area contributed by atoms with Gasteiger partial charge in [-0.15, -0.1) is 0 Å². The Morgan fingerprint density at radius 2 is 1.74 bits per heavy atom. The normalized spacial score (nSPS) is 17.9. The Balaban J connectivity index is 1.36. The van der Waals surface area contributed by atoms with Crippen LogP contribution in [0.25, 0.3) is 11.1 Å². The standard InChI is InChI=1S/C24H21Cl2N3O2/c25-21-11-23(26)28-12-19(21)22-13-27-9-10-29(22)24(30)31-14-20-17-7-3-1-5-15(17)16-6-2-4-8-18(16)20/h1-8,11-12,20,22,27H,9-10,13-14H2. The Morgan fingerprint density at radius 3 is 2.42 bits per heavy atom. The van der Waals surface area contributed by atoms with Gasteiger partial charge >= 0.3 is 6.09 Å². The van der Waals surface area contributed by atoms with Crippen LogP contribution in [-0.2, 0) is 4.74 Å². The van der Waals surface area contributed by atoms with Gasteiger partial charge in [0.05, 0.1) is 11.1 Å². The molecule has 2 aliphatic rings. The van der Waals surface area contributed by atoms with Crippen LogP contribution in [0.2, 0.25) is 10.2 Å². The lowest BCUT2D eigenvalue weighted by molar-refractivity contribution is 0.0752. The fraction of sp³-hybridized carbons (Fsp3) is 0.250. The summed E-state index contributed by atoms with van der Waals surface area (Å²) in [5.74, 6) is 0.0264. The molecule has 0 saturated carbocycles. The minimum atomic E-state index is -0.348. The van der Waals surface area contributed by atoms with Crippen molar-refractivity contribution in [2.75, 3.05) is 26.2 Å². The molecule has 1 fully saturated rings. The van der Waals surface area contributed by atoms with E-state index < -0.39 is 0 Å². The first-order valence-electron chi connectivity index (χ1n) is 10.3. The summed E-state index contributed by atoms with van der Waals surface area (Å²) in [5.41, 5.74) is 5.56. The zero-order valence-electron chi connectivity index (χ0n) is 16.7. The summed E-state index contributed by atoms with van der Waals surface area (Å²) < 4.78 is 5.86. The molecule has 5 nitrogen and oxygen atoms in total. The number of aromatic nitrogens is 1. The molecular weight excluding hydrogens is 433 g/mol. The highest BCUT2D eigenvalue weighted by molar-refractivity contribution is 6.34. The maximum absolute atomic E-state index is 13.1. The number of halogens is 2. The van der Waals surface area contributed by atoms with E-state index >= 15 is 0 Å². The summed E-state index contributed by atoms with van der Waals surface area (Å²) in [4.78, 5) is 19.0. The fourth-order valence-corrected chi connectivity index (χ4v) is 5.03. The lowest BCUT2D eigenvalue weighted by Crippen LogP contribution is -2.49. The number of benzene rings is 2. The largest absolute Gasteiger partial charge is 0.448 e. The SMILES string of the molecule is O=C(OCC1c2ccccc2-c2ccccc21)N1CCNCC1c1cnc(Cl)cc1Cl. The van der Waals surface area contributed by atoms with Crippen LogP contribution in [0, 0.1) is 0 Å². The number of hydrogen-bond acceptors (Lipinski definition) is 4. The predicted octanol–water partition coefficient (Wildman–Crippen LogP) is 5.28. The molecule has 31 heavy (non-hydrogen) atoms. The minimum absolute atomic E-state index is 0.0264. The number of fused-ring (bicyclic) bond motifs is 3. The molecule has 5 rings (SSSR count). The molecule has 0 radical (unpaired) electrons. The van der Waals surface area contributed by atoms with Crippen LogP contribution in [-0.4, -0.2) is 42.2 Å². The number of rotatable bonds is 3. The smallest absolute Gasteiger partial charge is 0.410 e. The Morgan fingerprint density at radius 1 is 1.06 bits per heavy atom. The average Bonchev–Trinajstić information content (AvgIpc) is 3.11. The monoisotopic (exact) mass is 453 g/mol. The van der Waals surface area contributed by atoms with E-state index in [1.807, 2.05) is 24.3 Å². The maximum atomic E-state index is 13.1. The van der Waals surface area contributed by atoms with Crippen molar-refractivity contribution in [3.05, 3.63) is 87.7 Å². The van der Waals surface area contributed by atoms with Crippen molar-refractivity contribution in [1.82, 2.24) is 15.2 Å². The Kier molecular flexibility index (Phi) is 5.57. The van der Waals surface area contributed by atoms with E-state index in [0.717, 1.165) is 5.56 Å². The molecule has 2 heterocycles. The second-order valence-corrected chi connectivity index (χ2v) is 8.54. The van der Waals surface area contributed by atoms with Gasteiger partial charge in [-0.05, 0) is 28.3 Å². The molecule has 1 aliphatic heterocycles. The molecule has 1 aromatic heterocycles. The molecule has 1 amide bonds. The molecule has 1 saturated heterocycles. The predicted molar refractivity (Wildman–Crippen MR) is 122 cm³/mol. The van der Waals surface area contributed by atoms with Gasteiger partial charge in [-0.2, -0.15) is 0 Å². The van der Waals surface area contributed by atoms with Crippen molar-refractivity contribution in [2.24, 2.45) is 0 Å². The van der Waals surface area contributed by atoms with Crippen molar-refractivity contribution < 1.29 is 9.53 Å². The van der Waals surface area contributed by atoms with Crippen LogP contribution in [0.15, 0.2) is 60.8 Å². The number of amides is 1. The summed E-state index contributed by atoms with van der Waals surface area (Å²) in [7, 11) is 0. The molecule has 3 aromatic rings. The van der Waals surface area contributed by atoms with Gasteiger partial charge in [0.25, 0.3) is 0 Å². The minimum Gasteiger partial charge on any atom is -0.448 e. The quantitative estimate of drug-likeness (QED) is 0.547. The van der Waals surface area contributed by atoms with Gasteiger partial charge < -0.3 is 10.1 Å². The zero-order chi connectivity index (χ0) is 21.4. The molecule has 1 unspecified atom stereocenters. The molecule has 158 valence electrons. The van der Waals surface area contributed by atoms with Gasteiger partial charge in [-0.3, -0.25) is 4.90 Å². The molecule has 1 atom stereocenters. The van der Waals surface area contributed by atoms with Crippen LogP contribution in [0.1, 0.15) is 28.7 Å². The molecule has 0 spiro atoms. The van der Waals surface area contributed by atoms with Gasteiger partial charge in [0.1, 0.15) is 11.8 Å². The molecule has 2 aromatic carbocycles. The van der Waals surface area contributed by atoms with Gasteiger partial charge in [0, 0.05) is 37.3 Å². The average molecular weight is 454 g/mol. The molecular formula is C24H21Cl2N3O2. The number of ether oxygens (including phenoxy) is 1. The lowest BCUT2D eigenvalue weighted by atomic mass is 9.98. The first-order valence-corrected chi connectivity index (χ1v) is 11.0. The van der Waals surface area contributed by atoms with Crippen LogP contribution in [0.5, 0.6) is 0 Å². The first kappa shape index (κ1) is 20.3. The maximum Gasteiger partial charge on any atom is 0.410 e. The second kappa shape index (κ2) is 8.50. The third kappa shape index (κ3) is 3.78. The van der Waals surface area contributed by atoms with Crippen LogP contribution >= 0.6 is 23.2 Å². The number of piperazine rings is 1. The number of nitrogens with one attached hydrogen (secondary N) is 1. The number of carbonyl (C=O) groups is 1. The molecule has 7 heteroatoms. The third-order valence-electron chi connectivity index (χ3n) is 6.02. The van der Waals surface area contributed by atoms with Gasteiger partial charge in [0.2, 0.25) is 0 Å². The highest BCUT2D eigenvalue weighted by Gasteiger charge is 2.33. The Hall–Kier alpha value is -2.60. The van der Waals surface area contributed by atoms with Crippen molar-refractivity contribution in [2.45, 2.75) is 12.0 Å². The second-order valence-electron chi connectivity index (χ2n) is 7.75. The van der Waals surface area contributed by atoms with Crippen molar-refractivity contribution >= 4 is 29.3 Å². The van der Waals surface area contributed by atoms with Crippen LogP contribution in [0.4, 0.5) is 4.79 Å². The van der Waals surface area contributed by atoms with Crippen LogP contribution < -0.4 is 5.32 Å². The van der Waals surface area contributed by atoms with E-state index in [0.29, 0.717) is 29.8 Å². The highest BCUT2D eigenvalue weighted by atomic mass is 35.5. The van der Waals surface area contributed by atoms with E-state index in [-0.39, 0.29) is 24.7 Å². The number of nitrogens with zero attached hydrogens (tertiary/aromatic N) is 2. The molecule has 0 bridgehead atoms. The number of pyridine rings is 1. The zero-order valence-corrected chi connectivity index (χ0v) is 18.2. The summed E-state index contributed by atoms with van der Waals surface area (Å²) in [6.07, 6.45) is 1.28. The van der Waals surface area contributed by atoms with Crippen molar-refractivity contribution in [3.8, 4) is 11.1 Å². The van der Waals surface area contributed by atoms with Gasteiger partial charge in [0.15, 0.2) is 0 Å². The van der Waals surface area contributed by atoms with E-state index in [9.17, 15) is 4.79 Å². The Bertz CT molecular complexity index is 1090. The van der Waals surface area contributed by atoms with E-state index in [1.165, 1.54) is 22.3 Å². The topological polar surface area (TPSA) is 54.5 Å². The van der Waals surface area contributed by atoms with E-state index in [4.69, 9.17) is 27.9 Å². The molecule has 1 N–H and O–H groups in total. The summed E-state index contributed by atoms with van der Waals surface area (Å²) in [6, 6.07) is 17.9. The summed E-state index contributed by atoms with van der Waals surface area (Å²) in [6.45, 7) is 2.09. The highest BCUT2D eigenvalue weighted by Crippen LogP contribution is 2.44. The number of carbonyl (C=O) groups excluding carboxylic acids is 1. The number of hydrogen-bond donors (Lipinski definition) is 1.